The van der Waals surface area contributed by atoms with Crippen molar-refractivity contribution in [2.75, 3.05) is 18.8 Å². The Bertz CT molecular complexity index is 495. The summed E-state index contributed by atoms with van der Waals surface area (Å²) in [6, 6.07) is 6.43. The molecule has 0 spiro atoms. The Morgan fingerprint density at radius 1 is 1.05 bits per heavy atom. The number of hydrogen-bond donors (Lipinski definition) is 0. The Labute approximate surface area is 126 Å². The number of amidine groups is 1. The lowest BCUT2D eigenvalue weighted by molar-refractivity contribution is 0.528. The Morgan fingerprint density at radius 3 is 2.32 bits per heavy atom. The van der Waals surface area contributed by atoms with Crippen molar-refractivity contribution in [3.63, 3.8) is 0 Å². The first-order valence-corrected chi connectivity index (χ1v) is 7.10. The molecule has 2 aliphatic heterocycles. The normalized spacial score (nSPS) is 18.7. The molecule has 1 aromatic rings. The highest BCUT2D eigenvalue weighted by molar-refractivity contribution is 8.93. The summed E-state index contributed by atoms with van der Waals surface area (Å²) in [5.74, 6) is 0.588. The van der Waals surface area contributed by atoms with E-state index in [2.05, 4.69) is 15.1 Å². The molecule has 0 aromatic heterocycles. The van der Waals surface area contributed by atoms with E-state index in [9.17, 15) is 4.39 Å². The minimum atomic E-state index is -0.218. The fraction of sp³-hybridized carbons (Fsp3) is 0.385. The Morgan fingerprint density at radius 2 is 1.74 bits per heavy atom. The van der Waals surface area contributed by atoms with Gasteiger partial charge in [-0.3, -0.25) is 0 Å². The van der Waals surface area contributed by atoms with E-state index >= 15 is 0 Å². The maximum absolute atomic E-state index is 12.8. The van der Waals surface area contributed by atoms with Crippen molar-refractivity contribution < 1.29 is 4.39 Å². The number of likely N-dealkylation sites (tertiary alicyclic amines) is 1. The summed E-state index contributed by atoms with van der Waals surface area (Å²) in [4.78, 5) is 2.29. The highest BCUT2D eigenvalue weighted by Crippen LogP contribution is 2.21. The van der Waals surface area contributed by atoms with Gasteiger partial charge in [0, 0.05) is 18.8 Å². The van der Waals surface area contributed by atoms with Crippen molar-refractivity contribution in [3.8, 4) is 0 Å². The van der Waals surface area contributed by atoms with Crippen LogP contribution in [0.1, 0.15) is 18.4 Å². The van der Waals surface area contributed by atoms with Gasteiger partial charge in [-0.05, 0) is 30.5 Å². The van der Waals surface area contributed by atoms with Gasteiger partial charge in [0.2, 0.25) is 0 Å². The Hall–Kier alpha value is -0.880. The average molecular weight is 344 g/mol. The molecule has 3 rings (SSSR count). The van der Waals surface area contributed by atoms with Gasteiger partial charge in [-0.15, -0.1) is 22.1 Å². The molecule has 2 aliphatic rings. The van der Waals surface area contributed by atoms with Gasteiger partial charge >= 0.3 is 0 Å². The van der Waals surface area contributed by atoms with E-state index in [1.165, 1.54) is 25.0 Å². The van der Waals surface area contributed by atoms with Crippen LogP contribution >= 0.6 is 28.7 Å². The van der Waals surface area contributed by atoms with Gasteiger partial charge in [-0.25, -0.2) is 4.39 Å². The molecule has 6 heteroatoms. The highest BCUT2D eigenvalue weighted by atomic mass is 79.9. The van der Waals surface area contributed by atoms with Gasteiger partial charge in [0.25, 0.3) is 0 Å². The molecule has 0 bridgehead atoms. The lowest BCUT2D eigenvalue weighted by atomic mass is 10.1. The van der Waals surface area contributed by atoms with E-state index in [-0.39, 0.29) is 22.8 Å². The molecule has 1 saturated heterocycles. The van der Waals surface area contributed by atoms with Crippen LogP contribution in [0.5, 0.6) is 0 Å². The van der Waals surface area contributed by atoms with Crippen molar-refractivity contribution in [2.45, 2.75) is 12.8 Å². The van der Waals surface area contributed by atoms with Crippen LogP contribution in [0.25, 0.3) is 0 Å². The molecule has 0 atom stereocenters. The number of benzene rings is 1. The third-order valence-corrected chi connectivity index (χ3v) is 4.16. The third kappa shape index (κ3) is 3.36. The van der Waals surface area contributed by atoms with E-state index in [1.807, 2.05) is 0 Å². The van der Waals surface area contributed by atoms with Crippen LogP contribution in [0.3, 0.4) is 0 Å². The zero-order valence-corrected chi connectivity index (χ0v) is 12.9. The second kappa shape index (κ2) is 6.52. The van der Waals surface area contributed by atoms with Gasteiger partial charge in [-0.2, -0.15) is 5.10 Å². The van der Waals surface area contributed by atoms with Gasteiger partial charge in [-0.1, -0.05) is 23.9 Å². The molecule has 0 radical (unpaired) electrons. The number of thioether (sulfide) groups is 1. The van der Waals surface area contributed by atoms with Gasteiger partial charge in [0.1, 0.15) is 5.82 Å². The molecular formula is C13H15BrFN3S. The Kier molecular flexibility index (Phi) is 4.99. The zero-order valence-electron chi connectivity index (χ0n) is 10.4. The second-order valence-corrected chi connectivity index (χ2v) is 5.36. The minimum Gasteiger partial charge on any atom is -0.350 e. The van der Waals surface area contributed by atoms with Crippen molar-refractivity contribution >= 4 is 39.6 Å². The van der Waals surface area contributed by atoms with Gasteiger partial charge in [0.15, 0.2) is 5.17 Å². The molecule has 1 fully saturated rings. The summed E-state index contributed by atoms with van der Waals surface area (Å²) in [5.41, 5.74) is 1.87. The van der Waals surface area contributed by atoms with Crippen LogP contribution in [0, 0.1) is 5.82 Å². The molecule has 3 nitrogen and oxygen atoms in total. The zero-order chi connectivity index (χ0) is 12.4. The quantitative estimate of drug-likeness (QED) is 0.782. The van der Waals surface area contributed by atoms with Crippen molar-refractivity contribution in [2.24, 2.45) is 10.2 Å². The van der Waals surface area contributed by atoms with Gasteiger partial charge < -0.3 is 4.90 Å². The molecule has 102 valence electrons. The van der Waals surface area contributed by atoms with E-state index in [4.69, 9.17) is 0 Å². The predicted molar refractivity (Wildman–Crippen MR) is 84.0 cm³/mol. The first kappa shape index (κ1) is 14.5. The lowest BCUT2D eigenvalue weighted by Gasteiger charge is -2.20. The van der Waals surface area contributed by atoms with Crippen molar-refractivity contribution in [1.82, 2.24) is 4.90 Å². The smallest absolute Gasteiger partial charge is 0.186 e. The van der Waals surface area contributed by atoms with E-state index in [0.717, 1.165) is 35.3 Å². The molecule has 2 heterocycles. The first-order chi connectivity index (χ1) is 8.83. The van der Waals surface area contributed by atoms with Crippen molar-refractivity contribution in [1.29, 1.82) is 0 Å². The minimum absolute atomic E-state index is 0. The molecule has 19 heavy (non-hydrogen) atoms. The predicted octanol–water partition coefficient (Wildman–Crippen LogP) is 3.31. The van der Waals surface area contributed by atoms with E-state index in [0.29, 0.717) is 0 Å². The first-order valence-electron chi connectivity index (χ1n) is 6.11. The SMILES string of the molecule is Br.Fc1ccc(C2=NN=C(N3CCCC3)SC2)cc1. The number of nitrogens with zero attached hydrogens (tertiary/aromatic N) is 3. The number of halogens is 2. The standard InChI is InChI=1S/C13H14FN3S.BrH/c14-11-5-3-10(4-6-11)12-9-18-13(16-15-12)17-7-1-2-8-17;/h3-6H,1-2,7-9H2;1H. The lowest BCUT2D eigenvalue weighted by Crippen LogP contribution is -2.27. The summed E-state index contributed by atoms with van der Waals surface area (Å²) < 4.78 is 12.8. The maximum Gasteiger partial charge on any atom is 0.186 e. The molecule has 0 unspecified atom stereocenters. The van der Waals surface area contributed by atoms with Crippen LogP contribution in [-0.2, 0) is 0 Å². The van der Waals surface area contributed by atoms with Crippen LogP contribution in [0.4, 0.5) is 4.39 Å². The molecule has 0 aliphatic carbocycles. The summed E-state index contributed by atoms with van der Waals surface area (Å²) in [6.07, 6.45) is 2.49. The van der Waals surface area contributed by atoms with Crippen LogP contribution in [0.15, 0.2) is 34.5 Å². The third-order valence-electron chi connectivity index (χ3n) is 3.15. The monoisotopic (exact) mass is 343 g/mol. The largest absolute Gasteiger partial charge is 0.350 e. The molecule has 0 amide bonds. The van der Waals surface area contributed by atoms with Crippen LogP contribution in [0.2, 0.25) is 0 Å². The number of hydrogen-bond acceptors (Lipinski definition) is 4. The fourth-order valence-electron chi connectivity index (χ4n) is 2.14. The molecular weight excluding hydrogens is 329 g/mol. The second-order valence-electron chi connectivity index (χ2n) is 4.42. The molecule has 0 saturated carbocycles. The molecule has 0 N–H and O–H groups in total. The van der Waals surface area contributed by atoms with E-state index < -0.39 is 0 Å². The Balaban J connectivity index is 0.00000133. The molecule has 1 aromatic carbocycles. The van der Waals surface area contributed by atoms with E-state index in [1.54, 1.807) is 23.9 Å². The fourth-order valence-corrected chi connectivity index (χ4v) is 3.09. The van der Waals surface area contributed by atoms with Crippen LogP contribution < -0.4 is 0 Å². The van der Waals surface area contributed by atoms with Crippen molar-refractivity contribution in [3.05, 3.63) is 35.6 Å². The topological polar surface area (TPSA) is 28.0 Å². The summed E-state index contributed by atoms with van der Waals surface area (Å²) in [5, 5.41) is 9.59. The summed E-state index contributed by atoms with van der Waals surface area (Å²) >= 11 is 1.72. The summed E-state index contributed by atoms with van der Waals surface area (Å²) in [7, 11) is 0. The maximum atomic E-state index is 12.8. The van der Waals surface area contributed by atoms with Crippen LogP contribution in [-0.4, -0.2) is 34.6 Å². The number of rotatable bonds is 1. The summed E-state index contributed by atoms with van der Waals surface area (Å²) in [6.45, 7) is 2.18. The average Bonchev–Trinajstić information content (AvgIpc) is 2.94. The van der Waals surface area contributed by atoms with Gasteiger partial charge in [0.05, 0.1) is 5.71 Å². The highest BCUT2D eigenvalue weighted by Gasteiger charge is 2.20.